The van der Waals surface area contributed by atoms with Crippen molar-refractivity contribution < 1.29 is 9.53 Å². The molecule has 3 aromatic rings. The van der Waals surface area contributed by atoms with Crippen LogP contribution in [0.2, 0.25) is 0 Å². The molecule has 4 rings (SSSR count). The molecule has 31 heavy (non-hydrogen) atoms. The van der Waals surface area contributed by atoms with Crippen molar-refractivity contribution in [1.29, 1.82) is 0 Å². The summed E-state index contributed by atoms with van der Waals surface area (Å²) in [5, 5.41) is 0. The second kappa shape index (κ2) is 9.60. The maximum atomic E-state index is 13.2. The second-order valence-electron chi connectivity index (χ2n) is 7.84. The van der Waals surface area contributed by atoms with Crippen molar-refractivity contribution in [2.45, 2.75) is 38.1 Å². The first-order valence-electron chi connectivity index (χ1n) is 10.8. The molecule has 1 fully saturated rings. The molecule has 0 bridgehead atoms. The number of methoxy groups -OCH3 is 1. The average Bonchev–Trinajstić information content (AvgIpc) is 2.83. The van der Waals surface area contributed by atoms with Crippen molar-refractivity contribution in [2.24, 2.45) is 0 Å². The highest BCUT2D eigenvalue weighted by Gasteiger charge is 2.31. The van der Waals surface area contributed by atoms with Gasteiger partial charge in [-0.2, -0.15) is 0 Å². The Morgan fingerprint density at radius 1 is 1.13 bits per heavy atom. The topological polar surface area (TPSA) is 81.3 Å². The van der Waals surface area contributed by atoms with E-state index in [9.17, 15) is 4.79 Å². The number of aryl methyl sites for hydroxylation is 1. The molecule has 0 radical (unpaired) electrons. The summed E-state index contributed by atoms with van der Waals surface area (Å²) in [5.74, 6) is 1.21. The fourth-order valence-electron chi connectivity index (χ4n) is 4.20. The van der Waals surface area contributed by atoms with E-state index in [1.165, 1.54) is 0 Å². The van der Waals surface area contributed by atoms with Gasteiger partial charge in [-0.15, -0.1) is 0 Å². The highest BCUT2D eigenvalue weighted by Crippen LogP contribution is 2.36. The number of hydrogen-bond acceptors (Lipinski definition) is 5. The van der Waals surface area contributed by atoms with Gasteiger partial charge in [-0.05, 0) is 48.9 Å². The number of likely N-dealkylation sites (tertiary alicyclic amines) is 1. The Morgan fingerprint density at radius 3 is 2.65 bits per heavy atom. The maximum absolute atomic E-state index is 13.2. The van der Waals surface area contributed by atoms with Crippen molar-refractivity contribution in [3.05, 3.63) is 72.1 Å². The molecular weight excluding hydrogens is 388 g/mol. The Kier molecular flexibility index (Phi) is 6.46. The molecule has 6 heteroatoms. The monoisotopic (exact) mass is 416 g/mol. The van der Waals surface area contributed by atoms with E-state index in [1.807, 2.05) is 59.5 Å². The van der Waals surface area contributed by atoms with Crippen LogP contribution in [0.15, 0.2) is 60.8 Å². The average molecular weight is 417 g/mol. The summed E-state index contributed by atoms with van der Waals surface area (Å²) in [4.78, 5) is 24.1. The van der Waals surface area contributed by atoms with E-state index >= 15 is 0 Å². The van der Waals surface area contributed by atoms with Crippen LogP contribution in [0.4, 0.5) is 5.95 Å². The Hall–Kier alpha value is -3.41. The second-order valence-corrected chi connectivity index (χ2v) is 7.84. The molecule has 0 aliphatic carbocycles. The number of nitrogen functional groups attached to an aromatic ring is 1. The largest absolute Gasteiger partial charge is 0.497 e. The fourth-order valence-corrected chi connectivity index (χ4v) is 4.20. The maximum Gasteiger partial charge on any atom is 0.223 e. The lowest BCUT2D eigenvalue weighted by atomic mass is 9.93. The van der Waals surface area contributed by atoms with E-state index in [0.29, 0.717) is 12.8 Å². The van der Waals surface area contributed by atoms with E-state index in [1.54, 1.807) is 13.3 Å². The first-order valence-corrected chi connectivity index (χ1v) is 10.8. The molecule has 160 valence electrons. The standard InChI is InChI=1S/C25H28N4O2/c1-31-20-13-10-18(11-14-20)12-15-23(30)29-16-6-5-9-22(29)24-21(17-27-25(26)28-24)19-7-3-2-4-8-19/h2-4,7-8,10-11,13-14,17,22H,5-6,9,12,15-16H2,1H3,(H2,26,27,28)/t22-/m0/s1. The van der Waals surface area contributed by atoms with Crippen LogP contribution in [0, 0.1) is 0 Å². The summed E-state index contributed by atoms with van der Waals surface area (Å²) < 4.78 is 5.21. The van der Waals surface area contributed by atoms with Crippen LogP contribution in [-0.4, -0.2) is 34.4 Å². The zero-order valence-electron chi connectivity index (χ0n) is 17.8. The van der Waals surface area contributed by atoms with Crippen LogP contribution in [0.3, 0.4) is 0 Å². The molecule has 1 aliphatic heterocycles. The smallest absolute Gasteiger partial charge is 0.223 e. The van der Waals surface area contributed by atoms with Crippen LogP contribution in [0.1, 0.15) is 43.0 Å². The molecule has 2 aromatic carbocycles. The van der Waals surface area contributed by atoms with Crippen LogP contribution in [0.25, 0.3) is 11.1 Å². The van der Waals surface area contributed by atoms with E-state index in [2.05, 4.69) is 9.97 Å². The molecule has 0 spiro atoms. The van der Waals surface area contributed by atoms with Crippen molar-refractivity contribution in [3.8, 4) is 16.9 Å². The Morgan fingerprint density at radius 2 is 1.90 bits per heavy atom. The SMILES string of the molecule is COc1ccc(CCC(=O)N2CCCC[C@H]2c2nc(N)ncc2-c2ccccc2)cc1. The number of nitrogens with zero attached hydrogens (tertiary/aromatic N) is 3. The van der Waals surface area contributed by atoms with E-state index < -0.39 is 0 Å². The third-order valence-electron chi connectivity index (χ3n) is 5.85. The minimum atomic E-state index is -0.0855. The van der Waals surface area contributed by atoms with Crippen molar-refractivity contribution in [2.75, 3.05) is 19.4 Å². The van der Waals surface area contributed by atoms with Gasteiger partial charge in [-0.25, -0.2) is 9.97 Å². The number of benzene rings is 2. The fraction of sp³-hybridized carbons (Fsp3) is 0.320. The van der Waals surface area contributed by atoms with Crippen molar-refractivity contribution in [1.82, 2.24) is 14.9 Å². The molecule has 1 aliphatic rings. The molecule has 2 N–H and O–H groups in total. The number of ether oxygens (including phenoxy) is 1. The molecule has 1 saturated heterocycles. The summed E-state index contributed by atoms with van der Waals surface area (Å²) in [6.45, 7) is 0.740. The van der Waals surface area contributed by atoms with Gasteiger partial charge in [-0.1, -0.05) is 42.5 Å². The Balaban J connectivity index is 1.56. The molecule has 0 saturated carbocycles. The van der Waals surface area contributed by atoms with Gasteiger partial charge in [0.2, 0.25) is 11.9 Å². The van der Waals surface area contributed by atoms with Gasteiger partial charge in [0, 0.05) is 24.7 Å². The van der Waals surface area contributed by atoms with Crippen LogP contribution in [0.5, 0.6) is 5.75 Å². The molecule has 0 unspecified atom stereocenters. The van der Waals surface area contributed by atoms with Crippen LogP contribution >= 0.6 is 0 Å². The summed E-state index contributed by atoms with van der Waals surface area (Å²) in [7, 11) is 1.65. The number of hydrogen-bond donors (Lipinski definition) is 1. The van der Waals surface area contributed by atoms with Crippen molar-refractivity contribution >= 4 is 11.9 Å². The molecular formula is C25H28N4O2. The predicted octanol–water partition coefficient (Wildman–Crippen LogP) is 4.42. The van der Waals surface area contributed by atoms with Gasteiger partial charge in [0.25, 0.3) is 0 Å². The quantitative estimate of drug-likeness (QED) is 0.643. The Bertz CT molecular complexity index is 1020. The number of carbonyl (C=O) groups excluding carboxylic acids is 1. The minimum Gasteiger partial charge on any atom is -0.497 e. The van der Waals surface area contributed by atoms with Crippen LogP contribution < -0.4 is 10.5 Å². The number of carbonyl (C=O) groups is 1. The summed E-state index contributed by atoms with van der Waals surface area (Å²) in [6.07, 6.45) is 5.89. The van der Waals surface area contributed by atoms with Gasteiger partial charge in [0.15, 0.2) is 0 Å². The third kappa shape index (κ3) is 4.85. The first kappa shape index (κ1) is 20.8. The van der Waals surface area contributed by atoms with E-state index in [4.69, 9.17) is 10.5 Å². The molecule has 1 amide bonds. The van der Waals surface area contributed by atoms with Gasteiger partial charge in [0.1, 0.15) is 5.75 Å². The van der Waals surface area contributed by atoms with Gasteiger partial charge in [0.05, 0.1) is 18.8 Å². The number of piperidine rings is 1. The molecule has 1 atom stereocenters. The zero-order valence-corrected chi connectivity index (χ0v) is 17.8. The molecule has 1 aromatic heterocycles. The van der Waals surface area contributed by atoms with Gasteiger partial charge < -0.3 is 15.4 Å². The van der Waals surface area contributed by atoms with E-state index in [-0.39, 0.29) is 17.9 Å². The molecule has 6 nitrogen and oxygen atoms in total. The van der Waals surface area contributed by atoms with Crippen molar-refractivity contribution in [3.63, 3.8) is 0 Å². The summed E-state index contributed by atoms with van der Waals surface area (Å²) >= 11 is 0. The third-order valence-corrected chi connectivity index (χ3v) is 5.85. The van der Waals surface area contributed by atoms with Gasteiger partial charge in [-0.3, -0.25) is 4.79 Å². The zero-order chi connectivity index (χ0) is 21.6. The minimum absolute atomic E-state index is 0.0855. The lowest BCUT2D eigenvalue weighted by molar-refractivity contribution is -0.135. The number of anilines is 1. The normalized spacial score (nSPS) is 16.2. The van der Waals surface area contributed by atoms with Gasteiger partial charge >= 0.3 is 0 Å². The highest BCUT2D eigenvalue weighted by atomic mass is 16.5. The summed E-state index contributed by atoms with van der Waals surface area (Å²) in [5.41, 5.74) is 9.90. The number of rotatable bonds is 6. The highest BCUT2D eigenvalue weighted by molar-refractivity contribution is 5.78. The molecule has 2 heterocycles. The predicted molar refractivity (Wildman–Crippen MR) is 122 cm³/mol. The lowest BCUT2D eigenvalue weighted by Gasteiger charge is -2.36. The number of amides is 1. The lowest BCUT2D eigenvalue weighted by Crippen LogP contribution is -2.39. The Labute approximate surface area is 183 Å². The summed E-state index contributed by atoms with van der Waals surface area (Å²) in [6, 6.07) is 17.8. The van der Waals surface area contributed by atoms with Crippen LogP contribution in [-0.2, 0) is 11.2 Å². The number of nitrogens with two attached hydrogens (primary N) is 1. The first-order chi connectivity index (χ1) is 15.2. The number of aromatic nitrogens is 2. The van der Waals surface area contributed by atoms with E-state index in [0.717, 1.165) is 53.9 Å².